The van der Waals surface area contributed by atoms with Gasteiger partial charge in [0, 0.05) is 15.7 Å². The standard InChI is InChI=1S/C23H27Cl2N5/c1-22(2,3)20(14-12-16-11-13-17(24)15-19(16)25)30-21(27-28-29-30)23(4,5)26-18-9-7-6-8-10-18/h6-15,20,26H,1-5H3/t20-/m0/s1. The number of anilines is 1. The molecule has 3 aromatic rings. The van der Waals surface area contributed by atoms with Crippen LogP contribution in [0.3, 0.4) is 0 Å². The number of benzene rings is 2. The number of nitrogens with zero attached hydrogens (tertiary/aromatic N) is 4. The third-order valence-corrected chi connectivity index (χ3v) is 5.42. The highest BCUT2D eigenvalue weighted by atomic mass is 35.5. The van der Waals surface area contributed by atoms with E-state index in [1.54, 1.807) is 6.07 Å². The van der Waals surface area contributed by atoms with Gasteiger partial charge in [-0.2, -0.15) is 0 Å². The number of halogens is 2. The third kappa shape index (κ3) is 5.21. The summed E-state index contributed by atoms with van der Waals surface area (Å²) < 4.78 is 1.89. The fourth-order valence-corrected chi connectivity index (χ4v) is 3.77. The molecule has 0 saturated carbocycles. The van der Waals surface area contributed by atoms with Gasteiger partial charge < -0.3 is 5.32 Å². The Kier molecular flexibility index (Phi) is 6.53. The van der Waals surface area contributed by atoms with E-state index in [9.17, 15) is 0 Å². The van der Waals surface area contributed by atoms with E-state index in [2.05, 4.69) is 61.5 Å². The lowest BCUT2D eigenvalue weighted by atomic mass is 9.85. The van der Waals surface area contributed by atoms with Gasteiger partial charge in [-0.1, -0.05) is 80.4 Å². The number of aromatic nitrogens is 4. The predicted molar refractivity (Wildman–Crippen MR) is 125 cm³/mol. The Morgan fingerprint density at radius 2 is 1.70 bits per heavy atom. The van der Waals surface area contributed by atoms with Gasteiger partial charge in [0.25, 0.3) is 0 Å². The summed E-state index contributed by atoms with van der Waals surface area (Å²) in [6.45, 7) is 10.6. The largest absolute Gasteiger partial charge is 0.373 e. The smallest absolute Gasteiger partial charge is 0.176 e. The van der Waals surface area contributed by atoms with E-state index in [0.717, 1.165) is 17.1 Å². The molecule has 0 bridgehead atoms. The molecule has 7 heteroatoms. The van der Waals surface area contributed by atoms with Gasteiger partial charge in [0.15, 0.2) is 5.82 Å². The lowest BCUT2D eigenvalue weighted by molar-refractivity contribution is 0.258. The average molecular weight is 444 g/mol. The molecule has 0 saturated heterocycles. The van der Waals surface area contributed by atoms with Crippen LogP contribution in [0.1, 0.15) is 52.0 Å². The molecule has 0 amide bonds. The van der Waals surface area contributed by atoms with Crippen molar-refractivity contribution in [3.05, 3.63) is 76.0 Å². The fraction of sp³-hybridized carbons (Fsp3) is 0.348. The second kappa shape index (κ2) is 8.78. The van der Waals surface area contributed by atoms with Crippen LogP contribution < -0.4 is 5.32 Å². The number of hydrogen-bond acceptors (Lipinski definition) is 4. The van der Waals surface area contributed by atoms with Crippen molar-refractivity contribution in [2.45, 2.75) is 46.2 Å². The van der Waals surface area contributed by atoms with Crippen molar-refractivity contribution in [3.8, 4) is 0 Å². The number of hydrogen-bond donors (Lipinski definition) is 1. The highest BCUT2D eigenvalue weighted by Crippen LogP contribution is 2.35. The summed E-state index contributed by atoms with van der Waals surface area (Å²) in [6.07, 6.45) is 4.09. The van der Waals surface area contributed by atoms with Gasteiger partial charge in [-0.05, 0) is 59.5 Å². The summed E-state index contributed by atoms with van der Waals surface area (Å²) in [6, 6.07) is 15.4. The van der Waals surface area contributed by atoms with E-state index < -0.39 is 5.54 Å². The van der Waals surface area contributed by atoms with Crippen LogP contribution in [0, 0.1) is 5.41 Å². The zero-order valence-electron chi connectivity index (χ0n) is 17.9. The molecule has 0 unspecified atom stereocenters. The fourth-order valence-electron chi connectivity index (χ4n) is 3.30. The minimum Gasteiger partial charge on any atom is -0.373 e. The molecule has 1 N–H and O–H groups in total. The molecule has 1 aromatic heterocycles. The molecule has 30 heavy (non-hydrogen) atoms. The van der Waals surface area contributed by atoms with E-state index in [4.69, 9.17) is 23.2 Å². The van der Waals surface area contributed by atoms with Crippen molar-refractivity contribution in [2.24, 2.45) is 5.41 Å². The van der Waals surface area contributed by atoms with E-state index in [1.165, 1.54) is 0 Å². The first-order valence-electron chi connectivity index (χ1n) is 9.83. The van der Waals surface area contributed by atoms with Gasteiger partial charge in [0.2, 0.25) is 0 Å². The molecule has 0 fully saturated rings. The lowest BCUT2D eigenvalue weighted by Gasteiger charge is -2.33. The van der Waals surface area contributed by atoms with Crippen molar-refractivity contribution in [1.29, 1.82) is 0 Å². The topological polar surface area (TPSA) is 55.6 Å². The number of allylic oxidation sites excluding steroid dienone is 1. The second-order valence-electron chi connectivity index (χ2n) is 8.90. The normalized spacial score (nSPS) is 13.6. The number of tetrazole rings is 1. The van der Waals surface area contributed by atoms with Crippen molar-refractivity contribution < 1.29 is 0 Å². The predicted octanol–water partition coefficient (Wildman–Crippen LogP) is 6.63. The Bertz CT molecular complexity index is 1020. The summed E-state index contributed by atoms with van der Waals surface area (Å²) >= 11 is 12.4. The zero-order valence-corrected chi connectivity index (χ0v) is 19.4. The van der Waals surface area contributed by atoms with Crippen LogP contribution in [0.25, 0.3) is 6.08 Å². The van der Waals surface area contributed by atoms with Crippen LogP contribution in [0.5, 0.6) is 0 Å². The van der Waals surface area contributed by atoms with Crippen LogP contribution in [-0.4, -0.2) is 20.2 Å². The first kappa shape index (κ1) is 22.3. The van der Waals surface area contributed by atoms with E-state index in [-0.39, 0.29) is 11.5 Å². The monoisotopic (exact) mass is 443 g/mol. The molecular weight excluding hydrogens is 417 g/mol. The van der Waals surface area contributed by atoms with Gasteiger partial charge in [0.05, 0.1) is 11.6 Å². The van der Waals surface area contributed by atoms with E-state index >= 15 is 0 Å². The lowest BCUT2D eigenvalue weighted by Crippen LogP contribution is -2.35. The van der Waals surface area contributed by atoms with Crippen LogP contribution in [0.2, 0.25) is 10.0 Å². The Morgan fingerprint density at radius 1 is 1.00 bits per heavy atom. The van der Waals surface area contributed by atoms with Gasteiger partial charge in [0.1, 0.15) is 0 Å². The van der Waals surface area contributed by atoms with Gasteiger partial charge in [-0.3, -0.25) is 0 Å². The summed E-state index contributed by atoms with van der Waals surface area (Å²) in [5.74, 6) is 0.748. The maximum atomic E-state index is 6.35. The molecule has 0 spiro atoms. The number of rotatable bonds is 6. The molecule has 0 radical (unpaired) electrons. The highest BCUT2D eigenvalue weighted by Gasteiger charge is 2.34. The summed E-state index contributed by atoms with van der Waals surface area (Å²) in [5, 5.41) is 17.5. The molecular formula is C23H27Cl2N5. The molecule has 1 atom stereocenters. The Labute approximate surface area is 188 Å². The molecule has 3 rings (SSSR count). The first-order valence-corrected chi connectivity index (χ1v) is 10.6. The molecule has 2 aromatic carbocycles. The zero-order chi connectivity index (χ0) is 21.9. The number of para-hydroxylation sites is 1. The van der Waals surface area contributed by atoms with Crippen LogP contribution >= 0.6 is 23.2 Å². The molecule has 158 valence electrons. The minimum absolute atomic E-state index is 0.0916. The average Bonchev–Trinajstić information content (AvgIpc) is 3.13. The van der Waals surface area contributed by atoms with Crippen molar-refractivity contribution in [3.63, 3.8) is 0 Å². The summed E-state index contributed by atoms with van der Waals surface area (Å²) in [4.78, 5) is 0. The Hall–Kier alpha value is -2.37. The first-order chi connectivity index (χ1) is 14.1. The SMILES string of the molecule is CC(C)(Nc1ccccc1)c1nnnn1[C@@H](C=Cc1ccc(Cl)cc1Cl)C(C)(C)C. The maximum absolute atomic E-state index is 6.35. The van der Waals surface area contributed by atoms with Crippen molar-refractivity contribution in [1.82, 2.24) is 20.2 Å². The van der Waals surface area contributed by atoms with Gasteiger partial charge >= 0.3 is 0 Å². The summed E-state index contributed by atoms with van der Waals surface area (Å²) in [5.41, 5.74) is 1.28. The molecule has 0 aliphatic heterocycles. The van der Waals surface area contributed by atoms with Crippen LogP contribution in [0.15, 0.2) is 54.6 Å². The molecule has 5 nitrogen and oxygen atoms in total. The molecule has 0 aliphatic rings. The second-order valence-corrected chi connectivity index (χ2v) is 9.74. The van der Waals surface area contributed by atoms with Crippen LogP contribution in [0.4, 0.5) is 5.69 Å². The number of nitrogens with one attached hydrogen (secondary N) is 1. The quantitative estimate of drug-likeness (QED) is 0.464. The molecule has 0 aliphatic carbocycles. The third-order valence-electron chi connectivity index (χ3n) is 4.85. The Balaban J connectivity index is 1.97. The van der Waals surface area contributed by atoms with Crippen molar-refractivity contribution >= 4 is 35.0 Å². The van der Waals surface area contributed by atoms with Crippen molar-refractivity contribution in [2.75, 3.05) is 5.32 Å². The van der Waals surface area contributed by atoms with E-state index in [1.807, 2.05) is 53.2 Å². The Morgan fingerprint density at radius 3 is 2.33 bits per heavy atom. The van der Waals surface area contributed by atoms with E-state index in [0.29, 0.717) is 10.0 Å². The maximum Gasteiger partial charge on any atom is 0.176 e. The van der Waals surface area contributed by atoms with Gasteiger partial charge in [-0.25, -0.2) is 4.68 Å². The van der Waals surface area contributed by atoms with Crippen LogP contribution in [-0.2, 0) is 5.54 Å². The van der Waals surface area contributed by atoms with Gasteiger partial charge in [-0.15, -0.1) is 5.10 Å². The summed E-state index contributed by atoms with van der Waals surface area (Å²) in [7, 11) is 0. The minimum atomic E-state index is -0.486. The highest BCUT2D eigenvalue weighted by molar-refractivity contribution is 6.35. The molecule has 1 heterocycles.